The highest BCUT2D eigenvalue weighted by Gasteiger charge is 2.25. The third-order valence-electron chi connectivity index (χ3n) is 4.97. The summed E-state index contributed by atoms with van der Waals surface area (Å²) >= 11 is 0. The number of carbonyl (C=O) groups excluding carboxylic acids is 1. The first-order valence-corrected chi connectivity index (χ1v) is 8.68. The number of likely N-dealkylation sites (tertiary alicyclic amines) is 1. The standard InChI is InChI=1S/C19H30N2O/c1-4-16(3)19(22)20-14-18(17-8-6-5-7-9-17)21-12-10-15(2)11-13-21/h5-9,15-16,18H,4,10-14H2,1-3H3,(H,20,22). The molecule has 1 saturated heterocycles. The Morgan fingerprint density at radius 1 is 1.27 bits per heavy atom. The fourth-order valence-corrected chi connectivity index (χ4v) is 3.03. The summed E-state index contributed by atoms with van der Waals surface area (Å²) in [6, 6.07) is 10.9. The molecule has 22 heavy (non-hydrogen) atoms. The Bertz CT molecular complexity index is 452. The van der Waals surface area contributed by atoms with Gasteiger partial charge in [-0.05, 0) is 43.8 Å². The van der Waals surface area contributed by atoms with Crippen molar-refractivity contribution in [3.63, 3.8) is 0 Å². The second kappa shape index (κ2) is 8.33. The van der Waals surface area contributed by atoms with Crippen LogP contribution in [0.1, 0.15) is 51.6 Å². The lowest BCUT2D eigenvalue weighted by Crippen LogP contribution is -2.42. The zero-order chi connectivity index (χ0) is 15.9. The Morgan fingerprint density at radius 3 is 2.50 bits per heavy atom. The second-order valence-electron chi connectivity index (χ2n) is 6.70. The lowest BCUT2D eigenvalue weighted by molar-refractivity contribution is -0.124. The summed E-state index contributed by atoms with van der Waals surface area (Å²) in [6.07, 6.45) is 3.40. The van der Waals surface area contributed by atoms with E-state index in [-0.39, 0.29) is 11.8 Å². The Morgan fingerprint density at radius 2 is 1.91 bits per heavy atom. The smallest absolute Gasteiger partial charge is 0.222 e. The zero-order valence-corrected chi connectivity index (χ0v) is 14.2. The van der Waals surface area contributed by atoms with E-state index in [0.717, 1.165) is 25.4 Å². The molecular weight excluding hydrogens is 272 g/mol. The van der Waals surface area contributed by atoms with E-state index in [9.17, 15) is 4.79 Å². The molecule has 1 aliphatic rings. The summed E-state index contributed by atoms with van der Waals surface area (Å²) in [5.41, 5.74) is 1.31. The van der Waals surface area contributed by atoms with E-state index < -0.39 is 0 Å². The average molecular weight is 302 g/mol. The van der Waals surface area contributed by atoms with Gasteiger partial charge in [-0.3, -0.25) is 9.69 Å². The van der Waals surface area contributed by atoms with E-state index in [1.165, 1.54) is 18.4 Å². The van der Waals surface area contributed by atoms with Crippen LogP contribution in [0, 0.1) is 11.8 Å². The average Bonchev–Trinajstić information content (AvgIpc) is 2.56. The van der Waals surface area contributed by atoms with Gasteiger partial charge in [-0.2, -0.15) is 0 Å². The SMILES string of the molecule is CCC(C)C(=O)NCC(c1ccccc1)N1CCC(C)CC1. The van der Waals surface area contributed by atoms with E-state index >= 15 is 0 Å². The van der Waals surface area contributed by atoms with Crippen molar-refractivity contribution < 1.29 is 4.79 Å². The summed E-state index contributed by atoms with van der Waals surface area (Å²) in [6.45, 7) is 9.35. The Hall–Kier alpha value is -1.35. The molecule has 1 fully saturated rings. The summed E-state index contributed by atoms with van der Waals surface area (Å²) in [5, 5.41) is 3.16. The molecule has 2 unspecified atom stereocenters. The van der Waals surface area contributed by atoms with Gasteiger partial charge in [-0.15, -0.1) is 0 Å². The van der Waals surface area contributed by atoms with Crippen LogP contribution in [0.25, 0.3) is 0 Å². The maximum atomic E-state index is 12.1. The zero-order valence-electron chi connectivity index (χ0n) is 14.2. The van der Waals surface area contributed by atoms with Gasteiger partial charge in [-0.1, -0.05) is 51.1 Å². The van der Waals surface area contributed by atoms with Crippen LogP contribution in [-0.2, 0) is 4.79 Å². The van der Waals surface area contributed by atoms with Crippen LogP contribution in [0.2, 0.25) is 0 Å². The van der Waals surface area contributed by atoms with Gasteiger partial charge in [0.2, 0.25) is 5.91 Å². The number of piperidine rings is 1. The van der Waals surface area contributed by atoms with Gasteiger partial charge < -0.3 is 5.32 Å². The van der Waals surface area contributed by atoms with Crippen molar-refractivity contribution in [2.24, 2.45) is 11.8 Å². The molecule has 3 nitrogen and oxygen atoms in total. The maximum Gasteiger partial charge on any atom is 0.222 e. The quantitative estimate of drug-likeness (QED) is 0.870. The maximum absolute atomic E-state index is 12.1. The van der Waals surface area contributed by atoms with Crippen molar-refractivity contribution in [2.45, 2.75) is 46.1 Å². The number of hydrogen-bond donors (Lipinski definition) is 1. The molecule has 1 aromatic carbocycles. The fourth-order valence-electron chi connectivity index (χ4n) is 3.03. The number of nitrogens with zero attached hydrogens (tertiary/aromatic N) is 1. The predicted molar refractivity (Wildman–Crippen MR) is 91.6 cm³/mol. The number of carbonyl (C=O) groups is 1. The van der Waals surface area contributed by atoms with Crippen molar-refractivity contribution in [3.8, 4) is 0 Å². The topological polar surface area (TPSA) is 32.3 Å². The molecule has 0 aromatic heterocycles. The monoisotopic (exact) mass is 302 g/mol. The van der Waals surface area contributed by atoms with Crippen LogP contribution in [0.5, 0.6) is 0 Å². The van der Waals surface area contributed by atoms with E-state index in [0.29, 0.717) is 12.6 Å². The van der Waals surface area contributed by atoms with E-state index in [2.05, 4.69) is 54.4 Å². The number of hydrogen-bond acceptors (Lipinski definition) is 2. The molecule has 0 aliphatic carbocycles. The van der Waals surface area contributed by atoms with Gasteiger partial charge in [0.1, 0.15) is 0 Å². The van der Waals surface area contributed by atoms with Gasteiger partial charge >= 0.3 is 0 Å². The Labute approximate surface area is 135 Å². The van der Waals surface area contributed by atoms with Gasteiger partial charge in [0.05, 0.1) is 6.04 Å². The van der Waals surface area contributed by atoms with Gasteiger partial charge in [0.25, 0.3) is 0 Å². The molecule has 1 aliphatic heterocycles. The summed E-state index contributed by atoms with van der Waals surface area (Å²) < 4.78 is 0. The molecule has 0 saturated carbocycles. The third kappa shape index (κ3) is 4.57. The number of amides is 1. The molecule has 1 amide bonds. The minimum absolute atomic E-state index is 0.0952. The van der Waals surface area contributed by atoms with Crippen molar-refractivity contribution in [1.29, 1.82) is 0 Å². The van der Waals surface area contributed by atoms with Gasteiger partial charge in [-0.25, -0.2) is 0 Å². The molecule has 2 atom stereocenters. The first-order valence-electron chi connectivity index (χ1n) is 8.68. The molecule has 1 heterocycles. The van der Waals surface area contributed by atoms with E-state index in [1.807, 2.05) is 6.92 Å². The van der Waals surface area contributed by atoms with Crippen LogP contribution in [0.15, 0.2) is 30.3 Å². The molecule has 122 valence electrons. The van der Waals surface area contributed by atoms with Crippen molar-refractivity contribution >= 4 is 5.91 Å². The van der Waals surface area contributed by atoms with Crippen LogP contribution in [-0.4, -0.2) is 30.4 Å². The predicted octanol–water partition coefficient (Wildman–Crippen LogP) is 3.62. The molecule has 3 heteroatoms. The van der Waals surface area contributed by atoms with Crippen molar-refractivity contribution in [3.05, 3.63) is 35.9 Å². The fraction of sp³-hybridized carbons (Fsp3) is 0.632. The van der Waals surface area contributed by atoms with Crippen molar-refractivity contribution in [2.75, 3.05) is 19.6 Å². The van der Waals surface area contributed by atoms with Crippen LogP contribution in [0.4, 0.5) is 0 Å². The molecule has 2 rings (SSSR count). The molecule has 0 radical (unpaired) electrons. The lowest BCUT2D eigenvalue weighted by atomic mass is 9.95. The van der Waals surface area contributed by atoms with Crippen LogP contribution >= 0.6 is 0 Å². The van der Waals surface area contributed by atoms with E-state index in [1.54, 1.807) is 0 Å². The third-order valence-corrected chi connectivity index (χ3v) is 4.97. The summed E-state index contributed by atoms with van der Waals surface area (Å²) in [5.74, 6) is 1.09. The highest BCUT2D eigenvalue weighted by molar-refractivity contribution is 5.78. The molecular formula is C19H30N2O. The van der Waals surface area contributed by atoms with E-state index in [4.69, 9.17) is 0 Å². The molecule has 0 bridgehead atoms. The first kappa shape index (κ1) is 17.0. The Balaban J connectivity index is 2.04. The lowest BCUT2D eigenvalue weighted by Gasteiger charge is -2.37. The summed E-state index contributed by atoms with van der Waals surface area (Å²) in [4.78, 5) is 14.6. The minimum Gasteiger partial charge on any atom is -0.354 e. The highest BCUT2D eigenvalue weighted by atomic mass is 16.1. The van der Waals surface area contributed by atoms with Gasteiger partial charge in [0, 0.05) is 12.5 Å². The summed E-state index contributed by atoms with van der Waals surface area (Å²) in [7, 11) is 0. The minimum atomic E-state index is 0.0952. The molecule has 1 aromatic rings. The van der Waals surface area contributed by atoms with Crippen LogP contribution < -0.4 is 5.32 Å². The largest absolute Gasteiger partial charge is 0.354 e. The number of benzene rings is 1. The Kier molecular flexibility index (Phi) is 6.44. The van der Waals surface area contributed by atoms with Crippen LogP contribution in [0.3, 0.4) is 0 Å². The van der Waals surface area contributed by atoms with Gasteiger partial charge in [0.15, 0.2) is 0 Å². The normalized spacial score (nSPS) is 19.6. The number of rotatable bonds is 6. The molecule has 1 N–H and O–H groups in total. The van der Waals surface area contributed by atoms with Crippen molar-refractivity contribution in [1.82, 2.24) is 10.2 Å². The number of nitrogens with one attached hydrogen (secondary N) is 1. The first-order chi connectivity index (χ1) is 10.6. The highest BCUT2D eigenvalue weighted by Crippen LogP contribution is 2.26. The molecule has 0 spiro atoms. The second-order valence-corrected chi connectivity index (χ2v) is 6.70.